The highest BCUT2D eigenvalue weighted by Crippen LogP contribution is 2.35. The number of amides is 1. The molecule has 1 aromatic heterocycles. The number of ether oxygens (including phenoxy) is 3. The lowest BCUT2D eigenvalue weighted by atomic mass is 10.0. The van der Waals surface area contributed by atoms with Crippen molar-refractivity contribution in [2.45, 2.75) is 39.5 Å². The van der Waals surface area contributed by atoms with E-state index in [4.69, 9.17) is 14.2 Å². The molecule has 0 saturated carbocycles. The van der Waals surface area contributed by atoms with Gasteiger partial charge in [-0.3, -0.25) is 4.79 Å². The molecule has 0 bridgehead atoms. The maximum atomic E-state index is 12.5. The Morgan fingerprint density at radius 2 is 1.96 bits per heavy atom. The first kappa shape index (κ1) is 17.1. The third-order valence-corrected chi connectivity index (χ3v) is 3.99. The highest BCUT2D eigenvalue weighted by molar-refractivity contribution is 5.81. The molecular weight excluding hydrogens is 324 g/mol. The molecule has 2 heterocycles. The predicted molar refractivity (Wildman–Crippen MR) is 89.4 cm³/mol. The first-order valence-electron chi connectivity index (χ1n) is 8.23. The second kappa shape index (κ2) is 7.42. The van der Waals surface area contributed by atoms with Crippen molar-refractivity contribution in [3.8, 4) is 17.2 Å². The topological polar surface area (TPSA) is 87.5 Å². The molecule has 0 fully saturated rings. The van der Waals surface area contributed by atoms with E-state index >= 15 is 0 Å². The molecule has 134 valence electrons. The minimum absolute atomic E-state index is 0.0947. The van der Waals surface area contributed by atoms with E-state index < -0.39 is 6.10 Å². The highest BCUT2D eigenvalue weighted by Gasteiger charge is 2.23. The lowest BCUT2D eigenvalue weighted by molar-refractivity contribution is -0.128. The van der Waals surface area contributed by atoms with Gasteiger partial charge < -0.3 is 19.5 Å². The number of carbonyl (C=O) groups is 1. The zero-order chi connectivity index (χ0) is 17.8. The number of rotatable bonds is 7. The van der Waals surface area contributed by atoms with Gasteiger partial charge in [-0.2, -0.15) is 15.0 Å². The largest absolute Gasteiger partial charge is 0.481 e. The van der Waals surface area contributed by atoms with Crippen molar-refractivity contribution in [2.24, 2.45) is 5.92 Å². The Hall–Kier alpha value is -2.77. The maximum absolute atomic E-state index is 12.5. The van der Waals surface area contributed by atoms with E-state index in [1.54, 1.807) is 42.3 Å². The lowest BCUT2D eigenvalue weighted by Crippen LogP contribution is -2.47. The lowest BCUT2D eigenvalue weighted by Gasteiger charge is -2.24. The summed E-state index contributed by atoms with van der Waals surface area (Å²) in [5.74, 6) is 1.89. The molecule has 25 heavy (non-hydrogen) atoms. The predicted octanol–water partition coefficient (Wildman–Crippen LogP) is 1.62. The molecule has 0 saturated heterocycles. The van der Waals surface area contributed by atoms with Gasteiger partial charge in [0.15, 0.2) is 17.6 Å². The van der Waals surface area contributed by atoms with E-state index in [2.05, 4.69) is 15.5 Å². The van der Waals surface area contributed by atoms with Crippen molar-refractivity contribution < 1.29 is 19.0 Å². The maximum Gasteiger partial charge on any atom is 0.261 e. The third-order valence-electron chi connectivity index (χ3n) is 3.99. The summed E-state index contributed by atoms with van der Waals surface area (Å²) >= 11 is 0. The fourth-order valence-corrected chi connectivity index (χ4v) is 2.44. The summed E-state index contributed by atoms with van der Waals surface area (Å²) in [6.07, 6.45) is 2.59. The fraction of sp³-hybridized carbons (Fsp3) is 0.471. The van der Waals surface area contributed by atoms with Gasteiger partial charge in [-0.25, -0.2) is 0 Å². The molecule has 1 aliphatic heterocycles. The SMILES string of the molecule is CC(C)[C@@H](Cn1nccn1)NC(=O)[C@@H](C)Oc1ccc2c(c1)OCO2. The van der Waals surface area contributed by atoms with Gasteiger partial charge in [-0.15, -0.1) is 0 Å². The Labute approximate surface area is 146 Å². The molecule has 1 aliphatic rings. The Balaban J connectivity index is 1.59. The van der Waals surface area contributed by atoms with Crippen molar-refractivity contribution in [1.29, 1.82) is 0 Å². The molecule has 0 spiro atoms. The van der Waals surface area contributed by atoms with Gasteiger partial charge in [-0.05, 0) is 25.0 Å². The Morgan fingerprint density at radius 1 is 1.24 bits per heavy atom. The van der Waals surface area contributed by atoms with E-state index in [-0.39, 0.29) is 24.7 Å². The van der Waals surface area contributed by atoms with Crippen LogP contribution in [0.1, 0.15) is 20.8 Å². The molecule has 2 aromatic rings. The van der Waals surface area contributed by atoms with Gasteiger partial charge in [0.25, 0.3) is 5.91 Å². The van der Waals surface area contributed by atoms with Crippen LogP contribution in [0.4, 0.5) is 0 Å². The first-order valence-corrected chi connectivity index (χ1v) is 8.23. The average Bonchev–Trinajstić information content (AvgIpc) is 3.24. The molecule has 0 radical (unpaired) electrons. The number of hydrogen-bond donors (Lipinski definition) is 1. The van der Waals surface area contributed by atoms with Gasteiger partial charge in [0.05, 0.1) is 25.0 Å². The fourth-order valence-electron chi connectivity index (χ4n) is 2.44. The molecule has 1 N–H and O–H groups in total. The number of nitrogens with zero attached hydrogens (tertiary/aromatic N) is 3. The summed E-state index contributed by atoms with van der Waals surface area (Å²) in [4.78, 5) is 14.0. The molecule has 3 rings (SSSR count). The normalized spacial score (nSPS) is 15.0. The number of carbonyl (C=O) groups excluding carboxylic acids is 1. The van der Waals surface area contributed by atoms with Crippen LogP contribution in [0.3, 0.4) is 0 Å². The van der Waals surface area contributed by atoms with E-state index in [1.807, 2.05) is 13.8 Å². The standard InChI is InChI=1S/C17H22N4O4/c1-11(2)14(9-21-18-6-7-19-21)20-17(22)12(3)25-13-4-5-15-16(8-13)24-10-23-15/h4-8,11-12,14H,9-10H2,1-3H3,(H,20,22)/t12-,14-/m1/s1. The Morgan fingerprint density at radius 3 is 2.68 bits per heavy atom. The van der Waals surface area contributed by atoms with Gasteiger partial charge in [0, 0.05) is 6.07 Å². The van der Waals surface area contributed by atoms with Gasteiger partial charge in [-0.1, -0.05) is 13.8 Å². The highest BCUT2D eigenvalue weighted by atomic mass is 16.7. The van der Waals surface area contributed by atoms with Crippen LogP contribution in [-0.4, -0.2) is 39.8 Å². The van der Waals surface area contributed by atoms with Crippen molar-refractivity contribution >= 4 is 5.91 Å². The van der Waals surface area contributed by atoms with Crippen LogP contribution in [0.5, 0.6) is 17.2 Å². The smallest absolute Gasteiger partial charge is 0.261 e. The van der Waals surface area contributed by atoms with E-state index in [0.29, 0.717) is 23.8 Å². The Kier molecular flexibility index (Phi) is 5.06. The second-order valence-electron chi connectivity index (χ2n) is 6.22. The summed E-state index contributed by atoms with van der Waals surface area (Å²) in [5.41, 5.74) is 0. The minimum atomic E-state index is -0.646. The molecule has 1 amide bonds. The Bertz CT molecular complexity index is 717. The van der Waals surface area contributed by atoms with Crippen LogP contribution in [0.25, 0.3) is 0 Å². The number of hydrogen-bond acceptors (Lipinski definition) is 6. The van der Waals surface area contributed by atoms with Crippen molar-refractivity contribution in [2.75, 3.05) is 6.79 Å². The summed E-state index contributed by atoms with van der Waals surface area (Å²) in [7, 11) is 0. The summed E-state index contributed by atoms with van der Waals surface area (Å²) in [5, 5.41) is 11.2. The zero-order valence-corrected chi connectivity index (χ0v) is 14.5. The average molecular weight is 346 g/mol. The van der Waals surface area contributed by atoms with Crippen LogP contribution in [-0.2, 0) is 11.3 Å². The van der Waals surface area contributed by atoms with E-state index in [9.17, 15) is 4.79 Å². The molecule has 1 aromatic carbocycles. The minimum Gasteiger partial charge on any atom is -0.481 e. The second-order valence-corrected chi connectivity index (χ2v) is 6.22. The van der Waals surface area contributed by atoms with E-state index in [0.717, 1.165) is 0 Å². The number of benzene rings is 1. The van der Waals surface area contributed by atoms with Crippen LogP contribution in [0.2, 0.25) is 0 Å². The van der Waals surface area contributed by atoms with Crippen molar-refractivity contribution in [3.63, 3.8) is 0 Å². The summed E-state index contributed by atoms with van der Waals surface area (Å²) in [6, 6.07) is 5.15. The van der Waals surface area contributed by atoms with Gasteiger partial charge in [0.2, 0.25) is 6.79 Å². The molecular formula is C17H22N4O4. The number of nitrogens with one attached hydrogen (secondary N) is 1. The molecule has 0 aliphatic carbocycles. The van der Waals surface area contributed by atoms with Crippen LogP contribution >= 0.6 is 0 Å². The van der Waals surface area contributed by atoms with Gasteiger partial charge in [0.1, 0.15) is 5.75 Å². The molecule has 8 nitrogen and oxygen atoms in total. The number of fused-ring (bicyclic) bond motifs is 1. The number of aromatic nitrogens is 3. The molecule has 0 unspecified atom stereocenters. The van der Waals surface area contributed by atoms with Crippen LogP contribution in [0.15, 0.2) is 30.6 Å². The third kappa shape index (κ3) is 4.20. The van der Waals surface area contributed by atoms with Crippen LogP contribution < -0.4 is 19.5 Å². The summed E-state index contributed by atoms with van der Waals surface area (Å²) < 4.78 is 16.3. The summed E-state index contributed by atoms with van der Waals surface area (Å²) in [6.45, 7) is 6.50. The van der Waals surface area contributed by atoms with Crippen molar-refractivity contribution in [3.05, 3.63) is 30.6 Å². The van der Waals surface area contributed by atoms with E-state index in [1.165, 1.54) is 0 Å². The molecule has 8 heteroatoms. The van der Waals surface area contributed by atoms with Crippen molar-refractivity contribution in [1.82, 2.24) is 20.3 Å². The first-order chi connectivity index (χ1) is 12.0. The van der Waals surface area contributed by atoms with Gasteiger partial charge >= 0.3 is 0 Å². The monoisotopic (exact) mass is 346 g/mol. The molecule has 2 atom stereocenters. The quantitative estimate of drug-likeness (QED) is 0.820. The van der Waals surface area contributed by atoms with Crippen LogP contribution in [0, 0.1) is 5.92 Å². The zero-order valence-electron chi connectivity index (χ0n) is 14.5.